The van der Waals surface area contributed by atoms with E-state index in [0.29, 0.717) is 0 Å². The molecule has 3 nitrogen and oxygen atoms in total. The van der Waals surface area contributed by atoms with Gasteiger partial charge in [-0.05, 0) is 43.7 Å². The van der Waals surface area contributed by atoms with Gasteiger partial charge in [0.15, 0.2) is 0 Å². The maximum absolute atomic E-state index is 9.16. The van der Waals surface area contributed by atoms with E-state index in [1.54, 1.807) is 0 Å². The summed E-state index contributed by atoms with van der Waals surface area (Å²) in [6.07, 6.45) is 2.99. The van der Waals surface area contributed by atoms with Crippen molar-refractivity contribution in [3.05, 3.63) is 23.9 Å². The molecule has 0 aliphatic carbocycles. The van der Waals surface area contributed by atoms with Crippen LogP contribution in [0.3, 0.4) is 0 Å². The highest BCUT2D eigenvalue weighted by Crippen LogP contribution is 2.30. The van der Waals surface area contributed by atoms with Crippen LogP contribution in [0, 0.1) is 12.3 Å². The minimum atomic E-state index is 0.181. The molecular weight excluding hydrogens is 212 g/mol. The Morgan fingerprint density at radius 3 is 2.53 bits per heavy atom. The quantitative estimate of drug-likeness (QED) is 0.765. The molecule has 0 radical (unpaired) electrons. The van der Waals surface area contributed by atoms with Crippen LogP contribution in [0.2, 0.25) is 0 Å². The molecule has 0 amide bonds. The van der Waals surface area contributed by atoms with Gasteiger partial charge in [-0.1, -0.05) is 19.9 Å². The fourth-order valence-corrected chi connectivity index (χ4v) is 2.10. The molecule has 0 atom stereocenters. The Hall–Kier alpha value is -1.09. The van der Waals surface area contributed by atoms with Gasteiger partial charge < -0.3 is 10.4 Å². The number of aryl methyl sites for hydroxylation is 1. The van der Waals surface area contributed by atoms with Crippen LogP contribution in [-0.2, 0) is 0 Å². The predicted octanol–water partition coefficient (Wildman–Crippen LogP) is 2.99. The van der Waals surface area contributed by atoms with Crippen LogP contribution in [0.1, 0.15) is 38.8 Å². The number of aliphatic hydroxyl groups excluding tert-OH is 1. The predicted molar refractivity (Wildman–Crippen MR) is 72.2 cm³/mol. The zero-order valence-electron chi connectivity index (χ0n) is 11.2. The van der Waals surface area contributed by atoms with Gasteiger partial charge in [-0.25, -0.2) is 4.98 Å². The number of nitrogens with zero attached hydrogens (tertiary/aromatic N) is 1. The van der Waals surface area contributed by atoms with Crippen molar-refractivity contribution >= 4 is 5.82 Å². The smallest absolute Gasteiger partial charge is 0.126 e. The van der Waals surface area contributed by atoms with Crippen LogP contribution in [0.15, 0.2) is 18.2 Å². The zero-order chi connectivity index (χ0) is 12.7. The van der Waals surface area contributed by atoms with Crippen LogP contribution in [0.5, 0.6) is 0 Å². The first-order valence-electron chi connectivity index (χ1n) is 6.44. The highest BCUT2D eigenvalue weighted by molar-refractivity contribution is 5.35. The minimum Gasteiger partial charge on any atom is -0.396 e. The molecule has 0 saturated heterocycles. The van der Waals surface area contributed by atoms with E-state index in [9.17, 15) is 0 Å². The summed E-state index contributed by atoms with van der Waals surface area (Å²) in [5.74, 6) is 0.925. The van der Waals surface area contributed by atoms with Gasteiger partial charge >= 0.3 is 0 Å². The summed E-state index contributed by atoms with van der Waals surface area (Å²) in [5.41, 5.74) is 1.20. The number of nitrogens with one attached hydrogen (secondary N) is 1. The van der Waals surface area contributed by atoms with E-state index in [-0.39, 0.29) is 12.0 Å². The lowest BCUT2D eigenvalue weighted by Gasteiger charge is -2.31. The Balaban J connectivity index is 2.63. The summed E-state index contributed by atoms with van der Waals surface area (Å²) in [5, 5.41) is 12.6. The number of hydrogen-bond donors (Lipinski definition) is 2. The summed E-state index contributed by atoms with van der Waals surface area (Å²) >= 11 is 0. The van der Waals surface area contributed by atoms with E-state index in [4.69, 9.17) is 5.11 Å². The summed E-state index contributed by atoms with van der Waals surface area (Å²) in [6.45, 7) is 7.49. The molecule has 17 heavy (non-hydrogen) atoms. The van der Waals surface area contributed by atoms with Crippen molar-refractivity contribution in [2.75, 3.05) is 18.5 Å². The van der Waals surface area contributed by atoms with Gasteiger partial charge in [-0.3, -0.25) is 0 Å². The molecule has 0 unspecified atom stereocenters. The third-order valence-electron chi connectivity index (χ3n) is 3.67. The molecule has 96 valence electrons. The first-order chi connectivity index (χ1) is 8.15. The van der Waals surface area contributed by atoms with Crippen molar-refractivity contribution in [3.63, 3.8) is 0 Å². The number of rotatable bonds is 7. The number of aliphatic hydroxyl groups is 1. The third-order valence-corrected chi connectivity index (χ3v) is 3.67. The summed E-state index contributed by atoms with van der Waals surface area (Å²) in [4.78, 5) is 4.43. The molecule has 2 N–H and O–H groups in total. The highest BCUT2D eigenvalue weighted by atomic mass is 16.3. The summed E-state index contributed by atoms with van der Waals surface area (Å²) in [7, 11) is 0. The number of hydrogen-bond acceptors (Lipinski definition) is 3. The standard InChI is InChI=1S/C14H24N2O/c1-4-14(5-2,9-10-17)11-15-13-8-6-7-12(3)16-13/h6-8,17H,4-5,9-11H2,1-3H3,(H,15,16). The van der Waals surface area contributed by atoms with Crippen molar-refractivity contribution in [1.29, 1.82) is 0 Å². The Morgan fingerprint density at radius 1 is 1.29 bits per heavy atom. The molecule has 1 rings (SSSR count). The van der Waals surface area contributed by atoms with Gasteiger partial charge in [0.1, 0.15) is 5.82 Å². The molecule has 0 aromatic carbocycles. The fraction of sp³-hybridized carbons (Fsp3) is 0.643. The SMILES string of the molecule is CCC(CC)(CCO)CNc1cccc(C)n1. The van der Waals surface area contributed by atoms with Crippen LogP contribution >= 0.6 is 0 Å². The Morgan fingerprint density at radius 2 is 2.00 bits per heavy atom. The lowest BCUT2D eigenvalue weighted by molar-refractivity contribution is 0.179. The average Bonchev–Trinajstić information content (AvgIpc) is 2.35. The van der Waals surface area contributed by atoms with E-state index in [1.165, 1.54) is 0 Å². The van der Waals surface area contributed by atoms with Crippen LogP contribution in [0.4, 0.5) is 5.82 Å². The number of anilines is 1. The highest BCUT2D eigenvalue weighted by Gasteiger charge is 2.25. The van der Waals surface area contributed by atoms with Crippen molar-refractivity contribution in [1.82, 2.24) is 4.98 Å². The van der Waals surface area contributed by atoms with Gasteiger partial charge in [-0.15, -0.1) is 0 Å². The maximum atomic E-state index is 9.16. The van der Waals surface area contributed by atoms with Gasteiger partial charge in [0.25, 0.3) is 0 Å². The van der Waals surface area contributed by atoms with Gasteiger partial charge in [-0.2, -0.15) is 0 Å². The minimum absolute atomic E-state index is 0.181. The summed E-state index contributed by atoms with van der Waals surface area (Å²) < 4.78 is 0. The normalized spacial score (nSPS) is 11.5. The molecule has 0 aliphatic rings. The second kappa shape index (κ2) is 6.60. The van der Waals surface area contributed by atoms with E-state index in [1.807, 2.05) is 25.1 Å². The Bertz CT molecular complexity index is 335. The zero-order valence-corrected chi connectivity index (χ0v) is 11.2. The van der Waals surface area contributed by atoms with Crippen molar-refractivity contribution < 1.29 is 5.11 Å². The molecule has 0 saturated carbocycles. The largest absolute Gasteiger partial charge is 0.396 e. The lowest BCUT2D eigenvalue weighted by atomic mass is 9.79. The first kappa shape index (κ1) is 14.0. The molecule has 0 fully saturated rings. The molecular formula is C14H24N2O. The van der Waals surface area contributed by atoms with Crippen molar-refractivity contribution in [3.8, 4) is 0 Å². The molecule has 0 bridgehead atoms. The van der Waals surface area contributed by atoms with Gasteiger partial charge in [0.05, 0.1) is 0 Å². The van der Waals surface area contributed by atoms with Crippen LogP contribution in [0.25, 0.3) is 0 Å². The van der Waals surface area contributed by atoms with E-state index in [2.05, 4.69) is 24.1 Å². The van der Waals surface area contributed by atoms with Crippen molar-refractivity contribution in [2.24, 2.45) is 5.41 Å². The maximum Gasteiger partial charge on any atom is 0.126 e. The lowest BCUT2D eigenvalue weighted by Crippen LogP contribution is -2.30. The Kier molecular flexibility index (Phi) is 5.42. The molecule has 1 aromatic heterocycles. The Labute approximate surface area is 104 Å². The first-order valence-corrected chi connectivity index (χ1v) is 6.44. The van der Waals surface area contributed by atoms with Crippen LogP contribution in [-0.4, -0.2) is 23.2 Å². The van der Waals surface area contributed by atoms with E-state index in [0.717, 1.165) is 37.3 Å². The molecule has 1 heterocycles. The van der Waals surface area contributed by atoms with E-state index >= 15 is 0 Å². The molecule has 3 heteroatoms. The van der Waals surface area contributed by atoms with Gasteiger partial charge in [0, 0.05) is 18.8 Å². The number of aromatic nitrogens is 1. The van der Waals surface area contributed by atoms with Crippen LogP contribution < -0.4 is 5.32 Å². The number of pyridine rings is 1. The third kappa shape index (κ3) is 4.00. The second-order valence-electron chi connectivity index (χ2n) is 4.70. The monoisotopic (exact) mass is 236 g/mol. The molecule has 1 aromatic rings. The molecule has 0 aliphatic heterocycles. The average molecular weight is 236 g/mol. The summed E-state index contributed by atoms with van der Waals surface area (Å²) in [6, 6.07) is 5.99. The van der Waals surface area contributed by atoms with Gasteiger partial charge in [0.2, 0.25) is 0 Å². The van der Waals surface area contributed by atoms with E-state index < -0.39 is 0 Å². The fourth-order valence-electron chi connectivity index (χ4n) is 2.10. The molecule has 0 spiro atoms. The topological polar surface area (TPSA) is 45.1 Å². The van der Waals surface area contributed by atoms with Crippen molar-refractivity contribution in [2.45, 2.75) is 40.0 Å². The second-order valence-corrected chi connectivity index (χ2v) is 4.70.